The molecule has 92 valence electrons. The highest BCUT2D eigenvalue weighted by Gasteiger charge is 2.20. The lowest BCUT2D eigenvalue weighted by molar-refractivity contribution is 0.308. The quantitative estimate of drug-likeness (QED) is 0.482. The van der Waals surface area contributed by atoms with Crippen molar-refractivity contribution in [1.29, 1.82) is 0 Å². The number of nitrogens with zero attached hydrogens (tertiary/aromatic N) is 1. The summed E-state index contributed by atoms with van der Waals surface area (Å²) in [6.45, 7) is 0. The molecule has 0 unspecified atom stereocenters. The second-order valence-corrected chi connectivity index (χ2v) is 4.73. The Bertz CT molecular complexity index is 397. The lowest BCUT2D eigenvalue weighted by Crippen LogP contribution is -2.20. The van der Waals surface area contributed by atoms with Gasteiger partial charge in [0.15, 0.2) is 0 Å². The zero-order valence-corrected chi connectivity index (χ0v) is 9.90. The fourth-order valence-corrected chi connectivity index (χ4v) is 2.55. The molecule has 0 spiro atoms. The summed E-state index contributed by atoms with van der Waals surface area (Å²) in [6.07, 6.45) is 6.41. The number of hydrogen-bond donors (Lipinski definition) is 1. The van der Waals surface area contributed by atoms with Crippen molar-refractivity contribution in [2.24, 2.45) is 11.1 Å². The van der Waals surface area contributed by atoms with Crippen LogP contribution in [0.1, 0.15) is 37.7 Å². The van der Waals surface area contributed by atoms with Crippen molar-refractivity contribution in [3.8, 4) is 0 Å². The van der Waals surface area contributed by atoms with Gasteiger partial charge >= 0.3 is 0 Å². The molecular weight excluding hydrogens is 217 g/mol. The molecule has 0 bridgehead atoms. The molecular formula is C14H18FNO. The van der Waals surface area contributed by atoms with Gasteiger partial charge in [0.05, 0.1) is 5.71 Å². The van der Waals surface area contributed by atoms with Crippen molar-refractivity contribution in [2.45, 2.75) is 38.5 Å². The van der Waals surface area contributed by atoms with E-state index >= 15 is 0 Å². The van der Waals surface area contributed by atoms with Gasteiger partial charge in [-0.05, 0) is 30.5 Å². The van der Waals surface area contributed by atoms with Gasteiger partial charge in [-0.1, -0.05) is 36.6 Å². The SMILES string of the molecule is O/N=C(/Cc1cccc(F)c1)C1CCCCC1. The largest absolute Gasteiger partial charge is 0.411 e. The zero-order chi connectivity index (χ0) is 12.1. The third-order valence-electron chi connectivity index (χ3n) is 3.48. The van der Waals surface area contributed by atoms with Gasteiger partial charge < -0.3 is 5.21 Å². The van der Waals surface area contributed by atoms with Gasteiger partial charge in [-0.15, -0.1) is 0 Å². The second-order valence-electron chi connectivity index (χ2n) is 4.73. The third kappa shape index (κ3) is 3.29. The minimum atomic E-state index is -0.233. The van der Waals surface area contributed by atoms with Gasteiger partial charge in [-0.2, -0.15) is 0 Å². The van der Waals surface area contributed by atoms with Crippen molar-refractivity contribution in [2.75, 3.05) is 0 Å². The van der Waals surface area contributed by atoms with Crippen LogP contribution in [-0.4, -0.2) is 10.9 Å². The molecule has 0 amide bonds. The van der Waals surface area contributed by atoms with Crippen molar-refractivity contribution in [1.82, 2.24) is 0 Å². The van der Waals surface area contributed by atoms with E-state index in [0.717, 1.165) is 24.1 Å². The van der Waals surface area contributed by atoms with Crippen LogP contribution in [0.25, 0.3) is 0 Å². The van der Waals surface area contributed by atoms with E-state index in [4.69, 9.17) is 5.21 Å². The number of benzene rings is 1. The van der Waals surface area contributed by atoms with Gasteiger partial charge in [-0.3, -0.25) is 0 Å². The summed E-state index contributed by atoms with van der Waals surface area (Å²) in [5.74, 6) is 0.139. The molecule has 0 atom stereocenters. The monoisotopic (exact) mass is 235 g/mol. The van der Waals surface area contributed by atoms with E-state index in [1.54, 1.807) is 6.07 Å². The van der Waals surface area contributed by atoms with Crippen LogP contribution in [-0.2, 0) is 6.42 Å². The maximum atomic E-state index is 13.1. The van der Waals surface area contributed by atoms with Crippen LogP contribution >= 0.6 is 0 Å². The Kier molecular flexibility index (Phi) is 4.13. The Morgan fingerprint density at radius 1 is 1.29 bits per heavy atom. The Morgan fingerprint density at radius 2 is 2.06 bits per heavy atom. The average Bonchev–Trinajstić information content (AvgIpc) is 2.37. The first-order valence-electron chi connectivity index (χ1n) is 6.25. The first-order valence-corrected chi connectivity index (χ1v) is 6.25. The molecule has 1 aliphatic rings. The average molecular weight is 235 g/mol. The molecule has 2 rings (SSSR count). The number of oxime groups is 1. The van der Waals surface area contributed by atoms with Crippen molar-refractivity contribution < 1.29 is 9.60 Å². The number of rotatable bonds is 3. The van der Waals surface area contributed by atoms with Gasteiger partial charge in [0.2, 0.25) is 0 Å². The highest BCUT2D eigenvalue weighted by molar-refractivity contribution is 5.88. The highest BCUT2D eigenvalue weighted by atomic mass is 19.1. The number of halogens is 1. The van der Waals surface area contributed by atoms with E-state index in [-0.39, 0.29) is 5.82 Å². The molecule has 0 heterocycles. The molecule has 0 aliphatic heterocycles. The first-order chi connectivity index (χ1) is 8.29. The lowest BCUT2D eigenvalue weighted by atomic mass is 9.84. The summed E-state index contributed by atoms with van der Waals surface area (Å²) >= 11 is 0. The van der Waals surface area contributed by atoms with Crippen LogP contribution in [0.3, 0.4) is 0 Å². The zero-order valence-electron chi connectivity index (χ0n) is 9.90. The topological polar surface area (TPSA) is 32.6 Å². The second kappa shape index (κ2) is 5.80. The van der Waals surface area contributed by atoms with Gasteiger partial charge in [0.1, 0.15) is 5.82 Å². The molecule has 1 saturated carbocycles. The molecule has 2 nitrogen and oxygen atoms in total. The molecule has 1 aromatic carbocycles. The van der Waals surface area contributed by atoms with Crippen LogP contribution < -0.4 is 0 Å². The molecule has 1 N–H and O–H groups in total. The highest BCUT2D eigenvalue weighted by Crippen LogP contribution is 2.26. The van der Waals surface area contributed by atoms with Crippen LogP contribution in [0.15, 0.2) is 29.4 Å². The minimum absolute atomic E-state index is 0.233. The first kappa shape index (κ1) is 12.1. The van der Waals surface area contributed by atoms with Crippen molar-refractivity contribution in [3.05, 3.63) is 35.6 Å². The molecule has 0 radical (unpaired) electrons. The predicted octanol–water partition coefficient (Wildman–Crippen LogP) is 3.78. The fourth-order valence-electron chi connectivity index (χ4n) is 2.55. The maximum Gasteiger partial charge on any atom is 0.123 e. The Labute approximate surface area is 101 Å². The van der Waals surface area contributed by atoms with Crippen molar-refractivity contribution in [3.63, 3.8) is 0 Å². The summed E-state index contributed by atoms with van der Waals surface area (Å²) in [4.78, 5) is 0. The van der Waals surface area contributed by atoms with Crippen LogP contribution in [0.5, 0.6) is 0 Å². The minimum Gasteiger partial charge on any atom is -0.411 e. The predicted molar refractivity (Wildman–Crippen MR) is 65.9 cm³/mol. The van der Waals surface area contributed by atoms with Gasteiger partial charge in [-0.25, -0.2) is 4.39 Å². The smallest absolute Gasteiger partial charge is 0.123 e. The van der Waals surface area contributed by atoms with E-state index in [1.165, 1.54) is 31.4 Å². The van der Waals surface area contributed by atoms with E-state index < -0.39 is 0 Å². The Balaban J connectivity index is 2.04. The Hall–Kier alpha value is -1.38. The Morgan fingerprint density at radius 3 is 2.71 bits per heavy atom. The molecule has 1 fully saturated rings. The molecule has 3 heteroatoms. The van der Waals surface area contributed by atoms with E-state index in [0.29, 0.717) is 12.3 Å². The van der Waals surface area contributed by atoms with E-state index in [2.05, 4.69) is 5.16 Å². The summed E-state index contributed by atoms with van der Waals surface area (Å²) in [5, 5.41) is 12.5. The van der Waals surface area contributed by atoms with E-state index in [1.807, 2.05) is 6.07 Å². The molecule has 0 saturated heterocycles. The standard InChI is InChI=1S/C14H18FNO/c15-13-8-4-5-11(9-13)10-14(16-17)12-6-2-1-3-7-12/h4-5,8-9,12,17H,1-3,6-7,10H2/b16-14-. The molecule has 0 aromatic heterocycles. The molecule has 17 heavy (non-hydrogen) atoms. The summed E-state index contributed by atoms with van der Waals surface area (Å²) in [7, 11) is 0. The fraction of sp³-hybridized carbons (Fsp3) is 0.500. The maximum absolute atomic E-state index is 13.1. The van der Waals surface area contributed by atoms with Crippen LogP contribution in [0.4, 0.5) is 4.39 Å². The molecule has 1 aliphatic carbocycles. The van der Waals surface area contributed by atoms with Crippen LogP contribution in [0, 0.1) is 11.7 Å². The van der Waals surface area contributed by atoms with Crippen molar-refractivity contribution >= 4 is 5.71 Å². The summed E-state index contributed by atoms with van der Waals surface area (Å²) in [6, 6.07) is 6.51. The van der Waals surface area contributed by atoms with E-state index in [9.17, 15) is 4.39 Å². The third-order valence-corrected chi connectivity index (χ3v) is 3.48. The lowest BCUT2D eigenvalue weighted by Gasteiger charge is -2.22. The summed E-state index contributed by atoms with van der Waals surface area (Å²) in [5.41, 5.74) is 1.68. The summed E-state index contributed by atoms with van der Waals surface area (Å²) < 4.78 is 13.1. The van der Waals surface area contributed by atoms with Gasteiger partial charge in [0.25, 0.3) is 0 Å². The molecule has 1 aromatic rings. The van der Waals surface area contributed by atoms with Crippen LogP contribution in [0.2, 0.25) is 0 Å². The van der Waals surface area contributed by atoms with Gasteiger partial charge in [0, 0.05) is 12.3 Å². The normalized spacial score (nSPS) is 18.3. The number of hydrogen-bond acceptors (Lipinski definition) is 2.